The molecule has 0 saturated carbocycles. The van der Waals surface area contributed by atoms with E-state index in [1.165, 1.54) is 4.90 Å². The summed E-state index contributed by atoms with van der Waals surface area (Å²) in [5.74, 6) is -0.837. The van der Waals surface area contributed by atoms with E-state index in [0.717, 1.165) is 0 Å². The van der Waals surface area contributed by atoms with Gasteiger partial charge in [-0.1, -0.05) is 13.8 Å². The molecule has 2 N–H and O–H groups in total. The summed E-state index contributed by atoms with van der Waals surface area (Å²) < 4.78 is 33.9. The zero-order valence-corrected chi connectivity index (χ0v) is 19.2. The minimum Gasteiger partial charge on any atom is -0.748 e. The van der Waals surface area contributed by atoms with Crippen molar-refractivity contribution in [3.8, 4) is 0 Å². The summed E-state index contributed by atoms with van der Waals surface area (Å²) in [6.45, 7) is 4.21. The molecule has 0 radical (unpaired) electrons. The summed E-state index contributed by atoms with van der Waals surface area (Å²) in [5, 5.41) is 11.6. The highest BCUT2D eigenvalue weighted by molar-refractivity contribution is 7.84. The lowest BCUT2D eigenvalue weighted by Gasteiger charge is -2.17. The van der Waals surface area contributed by atoms with E-state index in [0.29, 0.717) is 24.2 Å². The number of alkyl carbamates (subject to hydrolysis) is 1. The third-order valence-corrected chi connectivity index (χ3v) is 3.66. The highest BCUT2D eigenvalue weighted by atomic mass is 32.2. The standard InChI is InChI=1S/C18H27N3O5.CH4O3S/c1-13(2)8-14(9-16(22)23)10-19-18(25)26-12-21-7-5-6-15(11-21)17(24)20(3)4;1-5(2,3)4/h5-7,11,13-14H,8-10,12H2,1-4H3,(H-,19,22,23,25);1H3,(H,2,3,4). The first-order chi connectivity index (χ1) is 14.2. The molecule has 12 heteroatoms. The van der Waals surface area contributed by atoms with Gasteiger partial charge >= 0.3 is 12.1 Å². The van der Waals surface area contributed by atoms with Gasteiger partial charge in [0.15, 0.2) is 12.4 Å². The normalized spacial score (nSPS) is 11.7. The molecule has 1 aromatic rings. The predicted molar refractivity (Wildman–Crippen MR) is 110 cm³/mol. The molecule has 1 rings (SSSR count). The molecule has 1 heterocycles. The number of hydrogen-bond donors (Lipinski definition) is 2. The Morgan fingerprint density at radius 2 is 1.87 bits per heavy atom. The van der Waals surface area contributed by atoms with Gasteiger partial charge in [-0.3, -0.25) is 9.59 Å². The molecule has 2 amide bonds. The van der Waals surface area contributed by atoms with Gasteiger partial charge in [-0.05, 0) is 24.3 Å². The van der Waals surface area contributed by atoms with Gasteiger partial charge in [0.25, 0.3) is 12.6 Å². The van der Waals surface area contributed by atoms with Crippen LogP contribution in [0.5, 0.6) is 0 Å². The molecule has 1 atom stereocenters. The zero-order valence-electron chi connectivity index (χ0n) is 18.4. The number of carboxylic acid groups (broad SMARTS) is 1. The summed E-state index contributed by atoms with van der Waals surface area (Å²) in [6.07, 6.45) is 3.97. The molecule has 0 aromatic carbocycles. The largest absolute Gasteiger partial charge is 0.748 e. The topological polar surface area (TPSA) is 157 Å². The van der Waals surface area contributed by atoms with Crippen LogP contribution in [0.1, 0.15) is 37.0 Å². The van der Waals surface area contributed by atoms with Gasteiger partial charge in [-0.2, -0.15) is 4.57 Å². The van der Waals surface area contributed by atoms with Crippen molar-refractivity contribution >= 4 is 28.1 Å². The number of pyridine rings is 1. The van der Waals surface area contributed by atoms with Crippen molar-refractivity contribution in [2.45, 2.75) is 33.4 Å². The van der Waals surface area contributed by atoms with Gasteiger partial charge in [0.05, 0.1) is 10.1 Å². The van der Waals surface area contributed by atoms with Crippen molar-refractivity contribution in [2.24, 2.45) is 11.8 Å². The molecule has 0 saturated heterocycles. The quantitative estimate of drug-likeness (QED) is 0.401. The second kappa shape index (κ2) is 13.5. The van der Waals surface area contributed by atoms with Gasteiger partial charge in [-0.15, -0.1) is 0 Å². The van der Waals surface area contributed by atoms with Crippen LogP contribution in [0.25, 0.3) is 0 Å². The number of rotatable bonds is 9. The number of aromatic nitrogens is 1. The third-order valence-electron chi connectivity index (χ3n) is 3.66. The monoisotopic (exact) mass is 461 g/mol. The number of carboxylic acids is 1. The van der Waals surface area contributed by atoms with E-state index < -0.39 is 22.2 Å². The lowest BCUT2D eigenvalue weighted by atomic mass is 9.94. The number of aliphatic carboxylic acids is 1. The van der Waals surface area contributed by atoms with E-state index in [2.05, 4.69) is 5.32 Å². The number of carbonyl (C=O) groups excluding carboxylic acids is 2. The number of ether oxygens (including phenoxy) is 1. The van der Waals surface area contributed by atoms with Gasteiger partial charge in [-0.25, -0.2) is 13.2 Å². The van der Waals surface area contributed by atoms with E-state index in [4.69, 9.17) is 22.8 Å². The van der Waals surface area contributed by atoms with Crippen molar-refractivity contribution in [3.63, 3.8) is 0 Å². The number of nitrogens with zero attached hydrogens (tertiary/aromatic N) is 2. The molecule has 1 aromatic heterocycles. The van der Waals surface area contributed by atoms with E-state index in [-0.39, 0.29) is 31.5 Å². The Labute approximate surface area is 182 Å². The van der Waals surface area contributed by atoms with Crippen LogP contribution in [-0.2, 0) is 26.4 Å². The lowest BCUT2D eigenvalue weighted by molar-refractivity contribution is -0.727. The maximum absolute atomic E-state index is 11.9. The van der Waals surface area contributed by atoms with Gasteiger partial charge in [0.2, 0.25) is 0 Å². The first-order valence-corrected chi connectivity index (χ1v) is 11.2. The minimum absolute atomic E-state index is 0.00189. The molecule has 0 aliphatic rings. The molecule has 176 valence electrons. The van der Waals surface area contributed by atoms with Crippen molar-refractivity contribution in [2.75, 3.05) is 26.9 Å². The molecule has 31 heavy (non-hydrogen) atoms. The molecule has 0 bridgehead atoms. The first-order valence-electron chi connectivity index (χ1n) is 9.43. The Morgan fingerprint density at radius 1 is 1.29 bits per heavy atom. The van der Waals surface area contributed by atoms with Crippen molar-refractivity contribution in [1.29, 1.82) is 0 Å². The fourth-order valence-electron chi connectivity index (χ4n) is 2.55. The number of amides is 2. The SMILES string of the molecule is CC(C)CC(CNC(=O)OC[n+]1cccc(C(=O)N(C)C)c1)CC(=O)O.CS(=O)(=O)[O-]. The Bertz CT molecular complexity index is 832. The second-order valence-electron chi connectivity index (χ2n) is 7.55. The molecule has 0 aliphatic heterocycles. The fourth-order valence-corrected chi connectivity index (χ4v) is 2.55. The highest BCUT2D eigenvalue weighted by Gasteiger charge is 2.17. The van der Waals surface area contributed by atoms with Crippen LogP contribution < -0.4 is 9.88 Å². The van der Waals surface area contributed by atoms with Crippen molar-refractivity contribution in [3.05, 3.63) is 30.1 Å². The predicted octanol–water partition coefficient (Wildman–Crippen LogP) is 0.658. The van der Waals surface area contributed by atoms with E-state index >= 15 is 0 Å². The molecule has 1 unspecified atom stereocenters. The zero-order chi connectivity index (χ0) is 24.2. The summed E-state index contributed by atoms with van der Waals surface area (Å²) in [4.78, 5) is 36.1. The van der Waals surface area contributed by atoms with E-state index in [1.54, 1.807) is 43.2 Å². The Hall–Kier alpha value is -2.73. The fraction of sp³-hybridized carbons (Fsp3) is 0.579. The van der Waals surface area contributed by atoms with E-state index in [1.807, 2.05) is 13.8 Å². The summed E-state index contributed by atoms with van der Waals surface area (Å²) in [6, 6.07) is 3.38. The number of hydrogen-bond acceptors (Lipinski definition) is 7. The van der Waals surface area contributed by atoms with Crippen LogP contribution in [-0.4, -0.2) is 67.8 Å². The maximum Gasteiger partial charge on any atom is 0.412 e. The first kappa shape index (κ1) is 28.3. The third kappa shape index (κ3) is 15.7. The highest BCUT2D eigenvalue weighted by Crippen LogP contribution is 2.14. The van der Waals surface area contributed by atoms with Crippen LogP contribution in [0.15, 0.2) is 24.5 Å². The molecule has 0 aliphatic carbocycles. The molecule has 0 spiro atoms. The maximum atomic E-state index is 11.9. The summed E-state index contributed by atoms with van der Waals surface area (Å²) in [5.41, 5.74) is 0.486. The van der Waals surface area contributed by atoms with Gasteiger partial charge in [0, 0.05) is 39.4 Å². The van der Waals surface area contributed by atoms with Crippen molar-refractivity contribution < 1.29 is 41.8 Å². The number of nitrogens with one attached hydrogen (secondary N) is 1. The van der Waals surface area contributed by atoms with Crippen LogP contribution in [0.4, 0.5) is 4.79 Å². The lowest BCUT2D eigenvalue weighted by Crippen LogP contribution is -2.40. The average Bonchev–Trinajstić information content (AvgIpc) is 2.61. The minimum atomic E-state index is -3.92. The Morgan fingerprint density at radius 3 is 2.35 bits per heavy atom. The molecular formula is C19H31N3O8S. The van der Waals surface area contributed by atoms with Crippen molar-refractivity contribution in [1.82, 2.24) is 10.2 Å². The number of carbonyl (C=O) groups is 3. The molecule has 0 fully saturated rings. The van der Waals surface area contributed by atoms with E-state index in [9.17, 15) is 14.4 Å². The smallest absolute Gasteiger partial charge is 0.412 e. The van der Waals surface area contributed by atoms with Gasteiger partial charge in [0.1, 0.15) is 5.56 Å². The van der Waals surface area contributed by atoms with Crippen LogP contribution in [0.3, 0.4) is 0 Å². The molecule has 11 nitrogen and oxygen atoms in total. The van der Waals surface area contributed by atoms with Gasteiger partial charge < -0.3 is 24.6 Å². The molecular weight excluding hydrogens is 430 g/mol. The summed E-state index contributed by atoms with van der Waals surface area (Å²) >= 11 is 0. The van der Waals surface area contributed by atoms with Crippen LogP contribution >= 0.6 is 0 Å². The average molecular weight is 462 g/mol. The Kier molecular flexibility index (Phi) is 12.4. The van der Waals surface area contributed by atoms with Crippen LogP contribution in [0.2, 0.25) is 0 Å². The second-order valence-corrected chi connectivity index (χ2v) is 8.95. The van der Waals surface area contributed by atoms with Crippen LogP contribution in [0, 0.1) is 11.8 Å². The summed E-state index contributed by atoms with van der Waals surface area (Å²) in [7, 11) is -0.595. The Balaban J connectivity index is 0.00000161.